The van der Waals surface area contributed by atoms with Crippen LogP contribution in [0.2, 0.25) is 0 Å². The summed E-state index contributed by atoms with van der Waals surface area (Å²) in [6.07, 6.45) is 5.83. The molecule has 2 aliphatic rings. The number of rotatable bonds is 0. The van der Waals surface area contributed by atoms with Crippen molar-refractivity contribution in [3.8, 4) is 0 Å². The molecule has 0 radical (unpaired) electrons. The second kappa shape index (κ2) is 2.78. The summed E-state index contributed by atoms with van der Waals surface area (Å²) < 4.78 is 0. The minimum Gasteiger partial charge on any atom is -0.297 e. The van der Waals surface area contributed by atoms with Crippen molar-refractivity contribution in [2.24, 2.45) is 5.92 Å². The molecule has 64 valence electrons. The van der Waals surface area contributed by atoms with Gasteiger partial charge < -0.3 is 0 Å². The highest BCUT2D eigenvalue weighted by molar-refractivity contribution is 4.89. The van der Waals surface area contributed by atoms with E-state index in [2.05, 4.69) is 18.7 Å². The normalized spacial score (nSPS) is 45.8. The Bertz CT molecular complexity index is 144. The lowest BCUT2D eigenvalue weighted by Crippen LogP contribution is -2.40. The molecule has 2 rings (SSSR count). The van der Waals surface area contributed by atoms with E-state index in [1.807, 2.05) is 0 Å². The summed E-state index contributed by atoms with van der Waals surface area (Å²) in [6.45, 7) is 6.15. The van der Waals surface area contributed by atoms with Crippen molar-refractivity contribution in [1.29, 1.82) is 0 Å². The molecule has 0 aromatic heterocycles. The lowest BCUT2D eigenvalue weighted by Gasteiger charge is -2.35. The predicted octanol–water partition coefficient (Wildman–Crippen LogP) is 2.27. The van der Waals surface area contributed by atoms with Gasteiger partial charge in [0, 0.05) is 18.6 Å². The van der Waals surface area contributed by atoms with Gasteiger partial charge in [0.15, 0.2) is 0 Å². The smallest absolute Gasteiger partial charge is 0.0101 e. The predicted molar refractivity (Wildman–Crippen MR) is 47.6 cm³/mol. The molecule has 0 spiro atoms. The van der Waals surface area contributed by atoms with Crippen LogP contribution < -0.4 is 0 Å². The van der Waals surface area contributed by atoms with Gasteiger partial charge in [-0.1, -0.05) is 13.3 Å². The molecule has 0 aromatic carbocycles. The van der Waals surface area contributed by atoms with E-state index in [1.165, 1.54) is 32.2 Å². The summed E-state index contributed by atoms with van der Waals surface area (Å²) >= 11 is 0. The molecule has 0 saturated carbocycles. The van der Waals surface area contributed by atoms with Crippen LogP contribution in [0.15, 0.2) is 0 Å². The van der Waals surface area contributed by atoms with E-state index in [9.17, 15) is 0 Å². The fourth-order valence-corrected chi connectivity index (χ4v) is 2.82. The Morgan fingerprint density at radius 3 is 2.73 bits per heavy atom. The van der Waals surface area contributed by atoms with Gasteiger partial charge in [-0.25, -0.2) is 0 Å². The standard InChI is InChI=1S/C10H19N/c1-8-6-10-5-3-4-9(2)11(10)7-8/h8-10H,3-7H2,1-2H3/t8-,9+,10+/m1/s1. The Morgan fingerprint density at radius 1 is 1.18 bits per heavy atom. The Kier molecular flexibility index (Phi) is 1.92. The lowest BCUT2D eigenvalue weighted by atomic mass is 9.97. The van der Waals surface area contributed by atoms with Crippen molar-refractivity contribution < 1.29 is 0 Å². The largest absolute Gasteiger partial charge is 0.297 e. The molecule has 2 heterocycles. The average Bonchev–Trinajstić information content (AvgIpc) is 2.31. The average molecular weight is 153 g/mol. The number of hydrogen-bond donors (Lipinski definition) is 0. The Hall–Kier alpha value is -0.0400. The van der Waals surface area contributed by atoms with Gasteiger partial charge in [0.25, 0.3) is 0 Å². The van der Waals surface area contributed by atoms with E-state index < -0.39 is 0 Å². The summed E-state index contributed by atoms with van der Waals surface area (Å²) in [6, 6.07) is 1.83. The first-order valence-corrected chi connectivity index (χ1v) is 5.03. The molecule has 2 aliphatic heterocycles. The first-order valence-electron chi connectivity index (χ1n) is 5.03. The van der Waals surface area contributed by atoms with Crippen molar-refractivity contribution in [2.75, 3.05) is 6.54 Å². The van der Waals surface area contributed by atoms with Crippen molar-refractivity contribution in [3.05, 3.63) is 0 Å². The van der Waals surface area contributed by atoms with E-state index in [4.69, 9.17) is 0 Å². The summed E-state index contributed by atoms with van der Waals surface area (Å²) in [5.41, 5.74) is 0. The maximum absolute atomic E-state index is 2.73. The molecule has 11 heavy (non-hydrogen) atoms. The van der Waals surface area contributed by atoms with E-state index in [0.717, 1.165) is 18.0 Å². The van der Waals surface area contributed by atoms with Crippen LogP contribution in [0.5, 0.6) is 0 Å². The van der Waals surface area contributed by atoms with Gasteiger partial charge in [0.05, 0.1) is 0 Å². The van der Waals surface area contributed by atoms with Crippen LogP contribution in [0.25, 0.3) is 0 Å². The van der Waals surface area contributed by atoms with Crippen molar-refractivity contribution >= 4 is 0 Å². The highest BCUT2D eigenvalue weighted by Crippen LogP contribution is 2.33. The number of hydrogen-bond acceptors (Lipinski definition) is 1. The maximum atomic E-state index is 2.73. The van der Waals surface area contributed by atoms with Gasteiger partial charge in [0.1, 0.15) is 0 Å². The Labute approximate surface area is 69.8 Å². The van der Waals surface area contributed by atoms with Gasteiger partial charge in [0.2, 0.25) is 0 Å². The number of piperidine rings is 1. The minimum atomic E-state index is 0.874. The van der Waals surface area contributed by atoms with E-state index >= 15 is 0 Å². The molecular weight excluding hydrogens is 134 g/mol. The molecule has 0 bridgehead atoms. The lowest BCUT2D eigenvalue weighted by molar-refractivity contribution is 0.133. The highest BCUT2D eigenvalue weighted by Gasteiger charge is 2.34. The van der Waals surface area contributed by atoms with E-state index in [-0.39, 0.29) is 0 Å². The maximum Gasteiger partial charge on any atom is 0.0101 e. The minimum absolute atomic E-state index is 0.874. The van der Waals surface area contributed by atoms with Crippen molar-refractivity contribution in [1.82, 2.24) is 4.90 Å². The Balaban J connectivity index is 2.03. The van der Waals surface area contributed by atoms with Crippen molar-refractivity contribution in [3.63, 3.8) is 0 Å². The third kappa shape index (κ3) is 1.31. The van der Waals surface area contributed by atoms with Gasteiger partial charge in [-0.05, 0) is 32.1 Å². The molecule has 2 saturated heterocycles. The summed E-state index contributed by atoms with van der Waals surface area (Å²) in [5.74, 6) is 0.959. The van der Waals surface area contributed by atoms with Gasteiger partial charge in [-0.3, -0.25) is 4.90 Å². The third-order valence-electron chi connectivity index (χ3n) is 3.39. The van der Waals surface area contributed by atoms with Gasteiger partial charge >= 0.3 is 0 Å². The molecule has 1 heteroatoms. The molecule has 2 fully saturated rings. The SMILES string of the molecule is C[C@@H]1C[C@@H]2CCC[C@H](C)N2C1. The Morgan fingerprint density at radius 2 is 2.00 bits per heavy atom. The summed E-state index contributed by atoms with van der Waals surface area (Å²) in [5, 5.41) is 0. The second-order valence-corrected chi connectivity index (χ2v) is 4.47. The monoisotopic (exact) mass is 153 g/mol. The van der Waals surface area contributed by atoms with Crippen LogP contribution in [-0.2, 0) is 0 Å². The van der Waals surface area contributed by atoms with E-state index in [0.29, 0.717) is 0 Å². The van der Waals surface area contributed by atoms with Crippen LogP contribution >= 0.6 is 0 Å². The summed E-state index contributed by atoms with van der Waals surface area (Å²) in [7, 11) is 0. The zero-order valence-corrected chi connectivity index (χ0v) is 7.71. The van der Waals surface area contributed by atoms with Crippen LogP contribution in [-0.4, -0.2) is 23.5 Å². The number of nitrogens with zero attached hydrogens (tertiary/aromatic N) is 1. The number of fused-ring (bicyclic) bond motifs is 1. The molecule has 0 amide bonds. The van der Waals surface area contributed by atoms with Gasteiger partial charge in [-0.2, -0.15) is 0 Å². The highest BCUT2D eigenvalue weighted by atomic mass is 15.2. The van der Waals surface area contributed by atoms with Gasteiger partial charge in [-0.15, -0.1) is 0 Å². The molecule has 1 nitrogen and oxygen atoms in total. The van der Waals surface area contributed by atoms with E-state index in [1.54, 1.807) is 0 Å². The molecule has 0 aromatic rings. The first kappa shape index (κ1) is 7.60. The van der Waals surface area contributed by atoms with Crippen LogP contribution in [0, 0.1) is 5.92 Å². The zero-order valence-electron chi connectivity index (χ0n) is 7.71. The topological polar surface area (TPSA) is 3.24 Å². The fourth-order valence-electron chi connectivity index (χ4n) is 2.82. The van der Waals surface area contributed by atoms with Crippen LogP contribution in [0.4, 0.5) is 0 Å². The fraction of sp³-hybridized carbons (Fsp3) is 1.00. The van der Waals surface area contributed by atoms with Crippen molar-refractivity contribution in [2.45, 2.75) is 51.6 Å². The third-order valence-corrected chi connectivity index (χ3v) is 3.39. The van der Waals surface area contributed by atoms with Crippen LogP contribution in [0.1, 0.15) is 39.5 Å². The quantitative estimate of drug-likeness (QED) is 0.516. The first-order chi connectivity index (χ1) is 5.27. The molecule has 3 atom stereocenters. The second-order valence-electron chi connectivity index (χ2n) is 4.47. The van der Waals surface area contributed by atoms with Crippen LogP contribution in [0.3, 0.4) is 0 Å². The summed E-state index contributed by atoms with van der Waals surface area (Å²) in [4.78, 5) is 2.73. The molecule has 0 aliphatic carbocycles. The molecule has 0 N–H and O–H groups in total. The molecular formula is C10H19N. The zero-order chi connectivity index (χ0) is 7.84. The molecule has 0 unspecified atom stereocenters.